The first-order valence-corrected chi connectivity index (χ1v) is 7.95. The Labute approximate surface area is 135 Å². The highest BCUT2D eigenvalue weighted by Gasteiger charge is 2.20. The molecular weight excluding hydrogens is 292 g/mol. The van der Waals surface area contributed by atoms with E-state index in [0.717, 1.165) is 42.8 Å². The molecule has 1 fully saturated rings. The summed E-state index contributed by atoms with van der Waals surface area (Å²) in [6.45, 7) is 0. The molecule has 2 amide bonds. The topological polar surface area (TPSA) is 79.2 Å². The van der Waals surface area contributed by atoms with E-state index >= 15 is 0 Å². The lowest BCUT2D eigenvalue weighted by Crippen LogP contribution is -2.40. The van der Waals surface area contributed by atoms with Gasteiger partial charge in [0, 0.05) is 36.7 Å². The number of nitrogens with one attached hydrogen (secondary N) is 2. The van der Waals surface area contributed by atoms with Crippen LogP contribution >= 0.6 is 0 Å². The molecular formula is C17H22N4O2. The smallest absolute Gasteiger partial charge is 0.319 e. The Bertz CT molecular complexity index is 675. The zero-order chi connectivity index (χ0) is 16.2. The Morgan fingerprint density at radius 1 is 1.30 bits per heavy atom. The maximum Gasteiger partial charge on any atom is 0.319 e. The summed E-state index contributed by atoms with van der Waals surface area (Å²) in [5, 5.41) is 15.3. The zero-order valence-corrected chi connectivity index (χ0v) is 13.2. The second kappa shape index (κ2) is 6.83. The van der Waals surface area contributed by atoms with Crippen molar-refractivity contribution < 1.29 is 9.90 Å². The predicted molar refractivity (Wildman–Crippen MR) is 89.1 cm³/mol. The van der Waals surface area contributed by atoms with Gasteiger partial charge in [-0.15, -0.1) is 0 Å². The average molecular weight is 314 g/mol. The summed E-state index contributed by atoms with van der Waals surface area (Å²) in [5.41, 5.74) is 1.69. The van der Waals surface area contributed by atoms with Crippen LogP contribution in [-0.2, 0) is 7.05 Å². The average Bonchev–Trinajstić information content (AvgIpc) is 2.96. The number of amides is 2. The van der Waals surface area contributed by atoms with Crippen molar-refractivity contribution in [2.75, 3.05) is 5.32 Å². The van der Waals surface area contributed by atoms with E-state index in [-0.39, 0.29) is 18.2 Å². The molecule has 2 aromatic rings. The highest BCUT2D eigenvalue weighted by molar-refractivity contribution is 5.90. The maximum atomic E-state index is 12.1. The third-order valence-corrected chi connectivity index (χ3v) is 4.23. The number of imidazole rings is 1. The number of carbonyl (C=O) groups is 1. The van der Waals surface area contributed by atoms with Crippen LogP contribution in [0.3, 0.4) is 0 Å². The molecule has 0 atom stereocenters. The fourth-order valence-corrected chi connectivity index (χ4v) is 2.95. The quantitative estimate of drug-likeness (QED) is 0.814. The van der Waals surface area contributed by atoms with Crippen molar-refractivity contribution in [3.63, 3.8) is 0 Å². The van der Waals surface area contributed by atoms with E-state index in [9.17, 15) is 9.90 Å². The van der Waals surface area contributed by atoms with Gasteiger partial charge in [0.25, 0.3) is 0 Å². The van der Waals surface area contributed by atoms with Crippen LogP contribution in [0, 0.1) is 0 Å². The van der Waals surface area contributed by atoms with Crippen molar-refractivity contribution in [1.82, 2.24) is 14.9 Å². The summed E-state index contributed by atoms with van der Waals surface area (Å²) >= 11 is 0. The minimum absolute atomic E-state index is 0.135. The fraction of sp³-hybridized carbons (Fsp3) is 0.412. The fourth-order valence-electron chi connectivity index (χ4n) is 2.95. The van der Waals surface area contributed by atoms with E-state index in [1.54, 1.807) is 6.20 Å². The Kier molecular flexibility index (Phi) is 4.62. The van der Waals surface area contributed by atoms with Gasteiger partial charge in [-0.1, -0.05) is 12.1 Å². The number of urea groups is 1. The number of aryl methyl sites for hydroxylation is 1. The second-order valence-electron chi connectivity index (χ2n) is 6.05. The molecule has 3 rings (SSSR count). The monoisotopic (exact) mass is 314 g/mol. The highest BCUT2D eigenvalue weighted by atomic mass is 16.3. The van der Waals surface area contributed by atoms with Crippen molar-refractivity contribution in [1.29, 1.82) is 0 Å². The number of benzene rings is 1. The first-order valence-electron chi connectivity index (χ1n) is 7.95. The molecule has 1 heterocycles. The van der Waals surface area contributed by atoms with Gasteiger partial charge in [0.05, 0.1) is 6.10 Å². The number of carbonyl (C=O) groups excluding carboxylic acids is 1. The van der Waals surface area contributed by atoms with Crippen LogP contribution < -0.4 is 10.6 Å². The molecule has 1 aromatic heterocycles. The van der Waals surface area contributed by atoms with Gasteiger partial charge in [0.2, 0.25) is 0 Å². The van der Waals surface area contributed by atoms with E-state index in [0.29, 0.717) is 0 Å². The summed E-state index contributed by atoms with van der Waals surface area (Å²) in [6, 6.07) is 7.56. The lowest BCUT2D eigenvalue weighted by molar-refractivity contribution is 0.118. The summed E-state index contributed by atoms with van der Waals surface area (Å²) in [4.78, 5) is 16.4. The predicted octanol–water partition coefficient (Wildman–Crippen LogP) is 2.51. The minimum atomic E-state index is -0.217. The first-order chi connectivity index (χ1) is 11.1. The van der Waals surface area contributed by atoms with Crippen LogP contribution in [0.15, 0.2) is 36.7 Å². The molecule has 0 unspecified atom stereocenters. The first kappa shape index (κ1) is 15.6. The highest BCUT2D eigenvalue weighted by Crippen LogP contribution is 2.21. The molecule has 1 aromatic carbocycles. The van der Waals surface area contributed by atoms with Crippen LogP contribution in [-0.4, -0.2) is 32.8 Å². The lowest BCUT2D eigenvalue weighted by Gasteiger charge is -2.26. The molecule has 0 radical (unpaired) electrons. The van der Waals surface area contributed by atoms with Gasteiger partial charge in [-0.2, -0.15) is 0 Å². The molecule has 6 heteroatoms. The molecule has 1 aliphatic carbocycles. The van der Waals surface area contributed by atoms with Crippen molar-refractivity contribution in [2.24, 2.45) is 7.05 Å². The number of anilines is 1. The Morgan fingerprint density at radius 3 is 2.78 bits per heavy atom. The van der Waals surface area contributed by atoms with E-state index in [4.69, 9.17) is 0 Å². The SMILES string of the molecule is Cn1ccnc1-c1cccc(NC(=O)NC2CCC(O)CC2)c1. The zero-order valence-electron chi connectivity index (χ0n) is 13.2. The van der Waals surface area contributed by atoms with E-state index in [1.807, 2.05) is 42.1 Å². The van der Waals surface area contributed by atoms with Crippen molar-refractivity contribution >= 4 is 11.7 Å². The van der Waals surface area contributed by atoms with Gasteiger partial charge >= 0.3 is 6.03 Å². The van der Waals surface area contributed by atoms with Gasteiger partial charge in [0.1, 0.15) is 5.82 Å². The number of rotatable bonds is 3. The number of aliphatic hydroxyl groups excluding tert-OH is 1. The molecule has 0 spiro atoms. The normalized spacial score (nSPS) is 21.0. The Balaban J connectivity index is 1.62. The standard InChI is InChI=1S/C17H22N4O2/c1-21-10-9-18-16(21)12-3-2-4-14(11-12)20-17(23)19-13-5-7-15(22)8-6-13/h2-4,9-11,13,15,22H,5-8H2,1H3,(H2,19,20,23). The Hall–Kier alpha value is -2.34. The second-order valence-corrected chi connectivity index (χ2v) is 6.05. The lowest BCUT2D eigenvalue weighted by atomic mass is 9.93. The number of aromatic nitrogens is 2. The summed E-state index contributed by atoms with van der Waals surface area (Å²) in [5.74, 6) is 0.857. The molecule has 0 bridgehead atoms. The number of hydrogen-bond acceptors (Lipinski definition) is 3. The molecule has 0 saturated heterocycles. The molecule has 23 heavy (non-hydrogen) atoms. The summed E-state index contributed by atoms with van der Waals surface area (Å²) in [7, 11) is 1.94. The maximum absolute atomic E-state index is 12.1. The third-order valence-electron chi connectivity index (χ3n) is 4.23. The van der Waals surface area contributed by atoms with Gasteiger partial charge < -0.3 is 20.3 Å². The van der Waals surface area contributed by atoms with Gasteiger partial charge in [-0.25, -0.2) is 9.78 Å². The van der Waals surface area contributed by atoms with Gasteiger partial charge in [-0.05, 0) is 37.8 Å². The van der Waals surface area contributed by atoms with Crippen LogP contribution in [0.2, 0.25) is 0 Å². The van der Waals surface area contributed by atoms with Crippen molar-refractivity contribution in [3.8, 4) is 11.4 Å². The molecule has 0 aliphatic heterocycles. The number of hydrogen-bond donors (Lipinski definition) is 3. The molecule has 1 aliphatic rings. The van der Waals surface area contributed by atoms with Crippen LogP contribution in [0.1, 0.15) is 25.7 Å². The minimum Gasteiger partial charge on any atom is -0.393 e. The molecule has 122 valence electrons. The summed E-state index contributed by atoms with van der Waals surface area (Å²) < 4.78 is 1.94. The van der Waals surface area contributed by atoms with Crippen LogP contribution in [0.5, 0.6) is 0 Å². The van der Waals surface area contributed by atoms with Gasteiger partial charge in [-0.3, -0.25) is 0 Å². The third kappa shape index (κ3) is 3.90. The van der Waals surface area contributed by atoms with Crippen molar-refractivity contribution in [2.45, 2.75) is 37.8 Å². The largest absolute Gasteiger partial charge is 0.393 e. The van der Waals surface area contributed by atoms with Gasteiger partial charge in [0.15, 0.2) is 0 Å². The van der Waals surface area contributed by atoms with Crippen molar-refractivity contribution in [3.05, 3.63) is 36.7 Å². The molecule has 3 N–H and O–H groups in total. The van der Waals surface area contributed by atoms with E-state index in [1.165, 1.54) is 0 Å². The van der Waals surface area contributed by atoms with Crippen LogP contribution in [0.25, 0.3) is 11.4 Å². The summed E-state index contributed by atoms with van der Waals surface area (Å²) in [6.07, 6.45) is 6.56. The van der Waals surface area contributed by atoms with Crippen LogP contribution in [0.4, 0.5) is 10.5 Å². The Morgan fingerprint density at radius 2 is 2.09 bits per heavy atom. The molecule has 6 nitrogen and oxygen atoms in total. The van der Waals surface area contributed by atoms with E-state index < -0.39 is 0 Å². The number of aliphatic hydroxyl groups is 1. The molecule has 1 saturated carbocycles. The van der Waals surface area contributed by atoms with E-state index in [2.05, 4.69) is 15.6 Å². The number of nitrogens with zero attached hydrogens (tertiary/aromatic N) is 2.